The summed E-state index contributed by atoms with van der Waals surface area (Å²) >= 11 is 3.30. The number of ether oxygens (including phenoxy) is 1. The van der Waals surface area contributed by atoms with Gasteiger partial charge in [0.15, 0.2) is 0 Å². The molecule has 3 nitrogen and oxygen atoms in total. The highest BCUT2D eigenvalue weighted by atomic mass is 79.9. The van der Waals surface area contributed by atoms with Crippen molar-refractivity contribution in [1.29, 1.82) is 0 Å². The van der Waals surface area contributed by atoms with Gasteiger partial charge < -0.3 is 15.2 Å². The average Bonchev–Trinajstić information content (AvgIpc) is 2.29. The fourth-order valence-corrected chi connectivity index (χ4v) is 1.89. The van der Waals surface area contributed by atoms with Gasteiger partial charge in [0.1, 0.15) is 11.5 Å². The Morgan fingerprint density at radius 2 is 2.19 bits per heavy atom. The van der Waals surface area contributed by atoms with E-state index in [0.29, 0.717) is 11.0 Å². The average molecular weight is 288 g/mol. The van der Waals surface area contributed by atoms with Crippen LogP contribution in [0.2, 0.25) is 0 Å². The molecular formula is C12H18BrNO2. The van der Waals surface area contributed by atoms with E-state index in [-0.39, 0.29) is 5.75 Å². The molecule has 0 amide bonds. The first kappa shape index (κ1) is 13.3. The van der Waals surface area contributed by atoms with Crippen LogP contribution < -0.4 is 10.1 Å². The van der Waals surface area contributed by atoms with E-state index in [4.69, 9.17) is 4.74 Å². The van der Waals surface area contributed by atoms with Crippen LogP contribution in [-0.4, -0.2) is 18.8 Å². The summed E-state index contributed by atoms with van der Waals surface area (Å²) in [5.74, 6) is 1.03. The smallest absolute Gasteiger partial charge is 0.134 e. The van der Waals surface area contributed by atoms with Crippen molar-refractivity contribution in [3.63, 3.8) is 0 Å². The molecule has 0 aliphatic rings. The zero-order chi connectivity index (χ0) is 12.0. The van der Waals surface area contributed by atoms with Crippen molar-refractivity contribution >= 4 is 15.9 Å². The van der Waals surface area contributed by atoms with Crippen LogP contribution in [0.4, 0.5) is 0 Å². The standard InChI is InChI=1S/C12H18BrNO2/c1-3-4-5-14-8-9-6-10(16-2)7-11(13)12(9)15/h6-7,14-15H,3-5,8H2,1-2H3. The maximum atomic E-state index is 9.83. The summed E-state index contributed by atoms with van der Waals surface area (Å²) in [6, 6.07) is 3.60. The number of aromatic hydroxyl groups is 1. The molecule has 4 heteroatoms. The molecule has 0 bridgehead atoms. The predicted octanol–water partition coefficient (Wildman–Crippen LogP) is 3.05. The number of rotatable bonds is 6. The van der Waals surface area contributed by atoms with Gasteiger partial charge in [-0.15, -0.1) is 0 Å². The summed E-state index contributed by atoms with van der Waals surface area (Å²) in [5.41, 5.74) is 0.849. The molecule has 2 N–H and O–H groups in total. The molecule has 0 atom stereocenters. The molecule has 0 aliphatic carbocycles. The van der Waals surface area contributed by atoms with Crippen molar-refractivity contribution in [3.8, 4) is 11.5 Å². The van der Waals surface area contributed by atoms with Crippen molar-refractivity contribution < 1.29 is 9.84 Å². The Morgan fingerprint density at radius 1 is 1.44 bits per heavy atom. The van der Waals surface area contributed by atoms with Crippen molar-refractivity contribution in [2.45, 2.75) is 26.3 Å². The van der Waals surface area contributed by atoms with Gasteiger partial charge in [0, 0.05) is 12.1 Å². The van der Waals surface area contributed by atoms with Gasteiger partial charge in [-0.1, -0.05) is 13.3 Å². The lowest BCUT2D eigenvalue weighted by molar-refractivity contribution is 0.409. The molecule has 0 aromatic heterocycles. The van der Waals surface area contributed by atoms with Gasteiger partial charge in [-0.25, -0.2) is 0 Å². The van der Waals surface area contributed by atoms with Gasteiger partial charge in [0.05, 0.1) is 11.6 Å². The summed E-state index contributed by atoms with van der Waals surface area (Å²) in [5, 5.41) is 13.1. The molecule has 0 fully saturated rings. The van der Waals surface area contributed by atoms with Crippen LogP contribution >= 0.6 is 15.9 Å². The van der Waals surface area contributed by atoms with Crippen LogP contribution in [0.5, 0.6) is 11.5 Å². The van der Waals surface area contributed by atoms with E-state index in [0.717, 1.165) is 24.3 Å². The number of benzene rings is 1. The zero-order valence-electron chi connectivity index (χ0n) is 9.72. The molecule has 1 aromatic rings. The van der Waals surface area contributed by atoms with E-state index in [9.17, 15) is 5.11 Å². The van der Waals surface area contributed by atoms with E-state index in [2.05, 4.69) is 28.2 Å². The largest absolute Gasteiger partial charge is 0.506 e. The summed E-state index contributed by atoms with van der Waals surface area (Å²) in [6.45, 7) is 3.77. The summed E-state index contributed by atoms with van der Waals surface area (Å²) in [4.78, 5) is 0. The number of hydrogen-bond donors (Lipinski definition) is 2. The van der Waals surface area contributed by atoms with Crippen molar-refractivity contribution in [1.82, 2.24) is 5.32 Å². The van der Waals surface area contributed by atoms with Gasteiger partial charge in [0.2, 0.25) is 0 Å². The highest BCUT2D eigenvalue weighted by molar-refractivity contribution is 9.10. The molecule has 0 heterocycles. The Kier molecular flexibility index (Phi) is 5.63. The van der Waals surface area contributed by atoms with E-state index in [1.807, 2.05) is 6.07 Å². The van der Waals surface area contributed by atoms with Gasteiger partial charge >= 0.3 is 0 Å². The number of hydrogen-bond acceptors (Lipinski definition) is 3. The number of phenolic OH excluding ortho intramolecular Hbond substituents is 1. The Hall–Kier alpha value is -0.740. The highest BCUT2D eigenvalue weighted by Gasteiger charge is 2.07. The summed E-state index contributed by atoms with van der Waals surface area (Å²) in [7, 11) is 1.62. The second-order valence-corrected chi connectivity index (χ2v) is 4.50. The molecule has 1 aromatic carbocycles. The minimum absolute atomic E-state index is 0.282. The molecule has 0 saturated heterocycles. The number of methoxy groups -OCH3 is 1. The van der Waals surface area contributed by atoms with Crippen LogP contribution in [0.25, 0.3) is 0 Å². The van der Waals surface area contributed by atoms with E-state index in [1.165, 1.54) is 6.42 Å². The molecule has 0 radical (unpaired) electrons. The maximum Gasteiger partial charge on any atom is 0.134 e. The van der Waals surface area contributed by atoms with Crippen molar-refractivity contribution in [3.05, 3.63) is 22.2 Å². The van der Waals surface area contributed by atoms with Crippen molar-refractivity contribution in [2.75, 3.05) is 13.7 Å². The van der Waals surface area contributed by atoms with Crippen LogP contribution in [0.15, 0.2) is 16.6 Å². The number of halogens is 1. The van der Waals surface area contributed by atoms with Crippen molar-refractivity contribution in [2.24, 2.45) is 0 Å². The quantitative estimate of drug-likeness (QED) is 0.790. The Bertz CT molecular complexity index is 342. The highest BCUT2D eigenvalue weighted by Crippen LogP contribution is 2.32. The van der Waals surface area contributed by atoms with Crippen LogP contribution in [-0.2, 0) is 6.54 Å². The molecule has 90 valence electrons. The lowest BCUT2D eigenvalue weighted by atomic mass is 10.2. The summed E-state index contributed by atoms with van der Waals surface area (Å²) < 4.78 is 5.82. The van der Waals surface area contributed by atoms with Gasteiger partial charge in [-0.3, -0.25) is 0 Å². The number of nitrogens with one attached hydrogen (secondary N) is 1. The first-order valence-electron chi connectivity index (χ1n) is 5.45. The summed E-state index contributed by atoms with van der Waals surface area (Å²) in [6.07, 6.45) is 2.31. The number of phenols is 1. The minimum atomic E-state index is 0.282. The Balaban J connectivity index is 2.66. The predicted molar refractivity (Wildman–Crippen MR) is 69.0 cm³/mol. The number of unbranched alkanes of at least 4 members (excludes halogenated alkanes) is 1. The Morgan fingerprint density at radius 3 is 2.81 bits per heavy atom. The zero-order valence-corrected chi connectivity index (χ0v) is 11.3. The van der Waals surface area contributed by atoms with Gasteiger partial charge in [-0.05, 0) is 41.0 Å². The first-order chi connectivity index (χ1) is 7.69. The first-order valence-corrected chi connectivity index (χ1v) is 6.24. The van der Waals surface area contributed by atoms with Gasteiger partial charge in [-0.2, -0.15) is 0 Å². The second kappa shape index (κ2) is 6.76. The third-order valence-corrected chi connectivity index (χ3v) is 2.98. The van der Waals surface area contributed by atoms with Crippen LogP contribution in [0.1, 0.15) is 25.3 Å². The van der Waals surface area contributed by atoms with Crippen LogP contribution in [0, 0.1) is 0 Å². The molecule has 0 aliphatic heterocycles. The monoisotopic (exact) mass is 287 g/mol. The second-order valence-electron chi connectivity index (χ2n) is 3.65. The molecule has 1 rings (SSSR count). The normalized spacial score (nSPS) is 10.4. The van der Waals surface area contributed by atoms with E-state index < -0.39 is 0 Å². The molecule has 16 heavy (non-hydrogen) atoms. The fourth-order valence-electron chi connectivity index (χ4n) is 1.41. The maximum absolute atomic E-state index is 9.83. The topological polar surface area (TPSA) is 41.5 Å². The lowest BCUT2D eigenvalue weighted by Crippen LogP contribution is -2.14. The van der Waals surface area contributed by atoms with E-state index >= 15 is 0 Å². The lowest BCUT2D eigenvalue weighted by Gasteiger charge is -2.10. The molecule has 0 spiro atoms. The third-order valence-electron chi connectivity index (χ3n) is 2.37. The minimum Gasteiger partial charge on any atom is -0.506 e. The molecular weight excluding hydrogens is 270 g/mol. The SMILES string of the molecule is CCCCNCc1cc(OC)cc(Br)c1O. The Labute approximate surface area is 105 Å². The fraction of sp³-hybridized carbons (Fsp3) is 0.500. The third kappa shape index (κ3) is 3.68. The molecule has 0 unspecified atom stereocenters. The van der Waals surface area contributed by atoms with Crippen LogP contribution in [0.3, 0.4) is 0 Å². The van der Waals surface area contributed by atoms with Gasteiger partial charge in [0.25, 0.3) is 0 Å². The van der Waals surface area contributed by atoms with E-state index in [1.54, 1.807) is 13.2 Å². The molecule has 0 saturated carbocycles.